The molecular weight excluding hydrogens is 252 g/mol. The number of benzene rings is 1. The van der Waals surface area contributed by atoms with Crippen molar-refractivity contribution in [1.29, 1.82) is 0 Å². The Labute approximate surface area is 109 Å². The Hall–Kier alpha value is -1.26. The van der Waals surface area contributed by atoms with E-state index in [0.717, 1.165) is 10.4 Å². The Balaban J connectivity index is 2.59. The fourth-order valence-corrected chi connectivity index (χ4v) is 3.07. The van der Waals surface area contributed by atoms with E-state index in [1.807, 2.05) is 18.4 Å². The molecule has 1 unspecified atom stereocenters. The molecule has 0 fully saturated rings. The molecule has 1 aromatic heterocycles. The quantitative estimate of drug-likeness (QED) is 0.887. The molecule has 2 rings (SSSR count). The van der Waals surface area contributed by atoms with Gasteiger partial charge in [0.2, 0.25) is 0 Å². The molecule has 4 heteroatoms. The largest absolute Gasteiger partial charge is 0.308 e. The van der Waals surface area contributed by atoms with Gasteiger partial charge >= 0.3 is 0 Å². The molecule has 2 aromatic rings. The van der Waals surface area contributed by atoms with Gasteiger partial charge in [-0.1, -0.05) is 6.07 Å². The summed E-state index contributed by atoms with van der Waals surface area (Å²) >= 11 is 1.50. The normalized spacial score (nSPS) is 12.7. The van der Waals surface area contributed by atoms with Crippen molar-refractivity contribution in [2.45, 2.75) is 19.9 Å². The summed E-state index contributed by atoms with van der Waals surface area (Å²) in [7, 11) is 1.71. The third kappa shape index (κ3) is 2.18. The first kappa shape index (κ1) is 13.2. The summed E-state index contributed by atoms with van der Waals surface area (Å²) in [6.07, 6.45) is 0. The van der Waals surface area contributed by atoms with Crippen LogP contribution in [0.2, 0.25) is 0 Å². The Bertz CT molecular complexity index is 563. The first-order valence-corrected chi connectivity index (χ1v) is 6.60. The van der Waals surface area contributed by atoms with Crippen LogP contribution in [-0.2, 0) is 0 Å². The Morgan fingerprint density at radius 1 is 1.11 bits per heavy atom. The zero-order chi connectivity index (χ0) is 13.3. The van der Waals surface area contributed by atoms with E-state index in [9.17, 15) is 8.78 Å². The van der Waals surface area contributed by atoms with E-state index in [2.05, 4.69) is 5.32 Å². The molecule has 0 saturated heterocycles. The standard InChI is InChI=1S/C14H15F2NS/c1-8-4-5-10(15)11(12(8)16)13(17-3)14-9(2)6-7-18-14/h4-7,13,17H,1-3H3. The predicted molar refractivity (Wildman–Crippen MR) is 71.1 cm³/mol. The average Bonchev–Trinajstić information content (AvgIpc) is 2.76. The number of rotatable bonds is 3. The summed E-state index contributed by atoms with van der Waals surface area (Å²) in [6, 6.07) is 4.30. The maximum atomic E-state index is 14.1. The van der Waals surface area contributed by atoms with Gasteiger partial charge in [0, 0.05) is 10.4 Å². The van der Waals surface area contributed by atoms with Gasteiger partial charge in [-0.2, -0.15) is 0 Å². The fourth-order valence-electron chi connectivity index (χ4n) is 2.03. The van der Waals surface area contributed by atoms with E-state index in [1.54, 1.807) is 14.0 Å². The van der Waals surface area contributed by atoms with E-state index in [0.29, 0.717) is 5.56 Å². The maximum Gasteiger partial charge on any atom is 0.134 e. The van der Waals surface area contributed by atoms with Crippen molar-refractivity contribution >= 4 is 11.3 Å². The van der Waals surface area contributed by atoms with Crippen molar-refractivity contribution in [3.05, 3.63) is 56.8 Å². The Morgan fingerprint density at radius 3 is 2.39 bits per heavy atom. The van der Waals surface area contributed by atoms with Crippen molar-refractivity contribution in [1.82, 2.24) is 5.32 Å². The zero-order valence-electron chi connectivity index (χ0n) is 10.6. The molecule has 0 aliphatic rings. The molecule has 0 amide bonds. The molecule has 0 spiro atoms. The van der Waals surface area contributed by atoms with Gasteiger partial charge in [0.1, 0.15) is 11.6 Å². The third-order valence-corrected chi connectivity index (χ3v) is 4.14. The van der Waals surface area contributed by atoms with E-state index in [-0.39, 0.29) is 5.56 Å². The molecular formula is C14H15F2NS. The second-order valence-electron chi connectivity index (χ2n) is 4.28. The van der Waals surface area contributed by atoms with Gasteiger partial charge < -0.3 is 5.32 Å². The molecule has 0 bridgehead atoms. The number of hydrogen-bond acceptors (Lipinski definition) is 2. The molecule has 0 aliphatic carbocycles. The summed E-state index contributed by atoms with van der Waals surface area (Å²) in [5.74, 6) is -0.979. The van der Waals surface area contributed by atoms with Crippen molar-refractivity contribution in [2.24, 2.45) is 0 Å². The molecule has 1 heterocycles. The minimum absolute atomic E-state index is 0.100. The molecule has 1 N–H and O–H groups in total. The smallest absolute Gasteiger partial charge is 0.134 e. The second kappa shape index (κ2) is 5.16. The minimum Gasteiger partial charge on any atom is -0.308 e. The van der Waals surface area contributed by atoms with Gasteiger partial charge in [-0.15, -0.1) is 11.3 Å². The number of nitrogens with one attached hydrogen (secondary N) is 1. The fraction of sp³-hybridized carbons (Fsp3) is 0.286. The van der Waals surface area contributed by atoms with Crippen LogP contribution in [0.3, 0.4) is 0 Å². The highest BCUT2D eigenvalue weighted by Gasteiger charge is 2.23. The molecule has 0 radical (unpaired) electrons. The van der Waals surface area contributed by atoms with Crippen LogP contribution in [0.4, 0.5) is 8.78 Å². The van der Waals surface area contributed by atoms with E-state index >= 15 is 0 Å². The lowest BCUT2D eigenvalue weighted by Gasteiger charge is -2.18. The van der Waals surface area contributed by atoms with Gasteiger partial charge in [0.25, 0.3) is 0 Å². The third-order valence-electron chi connectivity index (χ3n) is 3.06. The maximum absolute atomic E-state index is 14.1. The molecule has 1 aromatic carbocycles. The van der Waals surface area contributed by atoms with Crippen LogP contribution in [0.5, 0.6) is 0 Å². The molecule has 1 atom stereocenters. The van der Waals surface area contributed by atoms with Crippen LogP contribution < -0.4 is 5.32 Å². The summed E-state index contributed by atoms with van der Waals surface area (Å²) < 4.78 is 28.1. The molecule has 0 aliphatic heterocycles. The second-order valence-corrected chi connectivity index (χ2v) is 5.23. The zero-order valence-corrected chi connectivity index (χ0v) is 11.4. The first-order chi connectivity index (χ1) is 8.56. The lowest BCUT2D eigenvalue weighted by molar-refractivity contribution is 0.519. The van der Waals surface area contributed by atoms with Crippen LogP contribution in [0.15, 0.2) is 23.6 Å². The van der Waals surface area contributed by atoms with Crippen molar-refractivity contribution in [3.63, 3.8) is 0 Å². The summed E-state index contributed by atoms with van der Waals surface area (Å²) in [6.45, 7) is 3.59. The number of halogens is 2. The highest BCUT2D eigenvalue weighted by Crippen LogP contribution is 2.32. The van der Waals surface area contributed by atoms with Gasteiger partial charge in [-0.05, 0) is 49.5 Å². The lowest BCUT2D eigenvalue weighted by atomic mass is 9.99. The average molecular weight is 267 g/mol. The monoisotopic (exact) mass is 267 g/mol. The number of hydrogen-bond donors (Lipinski definition) is 1. The minimum atomic E-state index is -0.509. The van der Waals surface area contributed by atoms with Gasteiger partial charge in [-0.3, -0.25) is 0 Å². The molecule has 1 nitrogen and oxygen atoms in total. The van der Waals surface area contributed by atoms with E-state index in [1.165, 1.54) is 23.5 Å². The summed E-state index contributed by atoms with van der Waals surface area (Å²) in [5.41, 5.74) is 1.60. The van der Waals surface area contributed by atoms with Gasteiger partial charge in [0.05, 0.1) is 6.04 Å². The summed E-state index contributed by atoms with van der Waals surface area (Å²) in [4.78, 5) is 0.945. The number of thiophene rings is 1. The topological polar surface area (TPSA) is 12.0 Å². The van der Waals surface area contributed by atoms with E-state index in [4.69, 9.17) is 0 Å². The van der Waals surface area contributed by atoms with Crippen LogP contribution >= 0.6 is 11.3 Å². The van der Waals surface area contributed by atoms with Crippen molar-refractivity contribution in [3.8, 4) is 0 Å². The lowest BCUT2D eigenvalue weighted by Crippen LogP contribution is -2.20. The first-order valence-electron chi connectivity index (χ1n) is 5.72. The van der Waals surface area contributed by atoms with Crippen LogP contribution in [0, 0.1) is 25.5 Å². The highest BCUT2D eigenvalue weighted by atomic mass is 32.1. The van der Waals surface area contributed by atoms with Crippen LogP contribution in [0.1, 0.15) is 27.6 Å². The highest BCUT2D eigenvalue weighted by molar-refractivity contribution is 7.10. The van der Waals surface area contributed by atoms with E-state index < -0.39 is 17.7 Å². The molecule has 96 valence electrons. The Morgan fingerprint density at radius 2 is 1.83 bits per heavy atom. The predicted octanol–water partition coefficient (Wildman–Crippen LogP) is 3.95. The van der Waals surface area contributed by atoms with Crippen LogP contribution in [0.25, 0.3) is 0 Å². The van der Waals surface area contributed by atoms with Gasteiger partial charge in [-0.25, -0.2) is 8.78 Å². The van der Waals surface area contributed by atoms with Crippen molar-refractivity contribution < 1.29 is 8.78 Å². The van der Waals surface area contributed by atoms with Gasteiger partial charge in [0.15, 0.2) is 0 Å². The molecule has 0 saturated carbocycles. The SMILES string of the molecule is CNC(c1sccc1C)c1c(F)ccc(C)c1F. The molecule has 18 heavy (non-hydrogen) atoms. The summed E-state index contributed by atoms with van der Waals surface area (Å²) in [5, 5.41) is 4.93. The Kier molecular flexibility index (Phi) is 3.78. The van der Waals surface area contributed by atoms with Crippen molar-refractivity contribution in [2.75, 3.05) is 7.05 Å². The van der Waals surface area contributed by atoms with Crippen LogP contribution in [-0.4, -0.2) is 7.05 Å². The number of aryl methyl sites for hydroxylation is 2.